The highest BCUT2D eigenvalue weighted by atomic mass is 16.5. The minimum atomic E-state index is -0.797. The van der Waals surface area contributed by atoms with Crippen molar-refractivity contribution in [2.24, 2.45) is 0 Å². The molecule has 0 heterocycles. The third-order valence-electron chi connectivity index (χ3n) is 3.38. The summed E-state index contributed by atoms with van der Waals surface area (Å²) in [4.78, 5) is 12.8. The zero-order valence-corrected chi connectivity index (χ0v) is 11.3. The van der Waals surface area contributed by atoms with Crippen molar-refractivity contribution in [2.75, 3.05) is 26.8 Å². The van der Waals surface area contributed by atoms with E-state index >= 15 is 0 Å². The van der Waals surface area contributed by atoms with Gasteiger partial charge in [-0.2, -0.15) is 0 Å². The summed E-state index contributed by atoms with van der Waals surface area (Å²) in [7, 11) is 1.63. The number of carboxylic acid groups (broad SMARTS) is 1. The van der Waals surface area contributed by atoms with E-state index in [2.05, 4.69) is 24.3 Å². The van der Waals surface area contributed by atoms with Crippen molar-refractivity contribution >= 4 is 5.97 Å². The molecular formula is C15H21NO3. The third-order valence-corrected chi connectivity index (χ3v) is 3.38. The molecule has 1 aliphatic rings. The fourth-order valence-electron chi connectivity index (χ4n) is 2.25. The number of carbonyl (C=O) groups is 1. The number of ether oxygens (including phenoxy) is 1. The third kappa shape index (κ3) is 4.65. The molecule has 1 aromatic carbocycles. The maximum Gasteiger partial charge on any atom is 0.317 e. The highest BCUT2D eigenvalue weighted by Gasteiger charge is 2.23. The molecule has 19 heavy (non-hydrogen) atoms. The van der Waals surface area contributed by atoms with Crippen molar-refractivity contribution < 1.29 is 14.6 Å². The van der Waals surface area contributed by atoms with E-state index in [0.29, 0.717) is 19.7 Å². The Labute approximate surface area is 114 Å². The van der Waals surface area contributed by atoms with E-state index in [1.807, 2.05) is 4.90 Å². The van der Waals surface area contributed by atoms with Crippen molar-refractivity contribution in [3.05, 3.63) is 35.4 Å². The average molecular weight is 263 g/mol. The van der Waals surface area contributed by atoms with Crippen molar-refractivity contribution in [3.8, 4) is 0 Å². The molecule has 1 saturated carbocycles. The van der Waals surface area contributed by atoms with E-state index in [-0.39, 0.29) is 6.54 Å². The lowest BCUT2D eigenvalue weighted by molar-refractivity contribution is -0.138. The van der Waals surface area contributed by atoms with Gasteiger partial charge in [0, 0.05) is 20.2 Å². The fourth-order valence-corrected chi connectivity index (χ4v) is 2.25. The quantitative estimate of drug-likeness (QED) is 0.780. The first kappa shape index (κ1) is 14.0. The molecule has 4 nitrogen and oxygen atoms in total. The summed E-state index contributed by atoms with van der Waals surface area (Å²) >= 11 is 0. The molecule has 0 aromatic heterocycles. The predicted molar refractivity (Wildman–Crippen MR) is 73.2 cm³/mol. The Balaban J connectivity index is 1.98. The molecule has 104 valence electrons. The first-order chi connectivity index (χ1) is 9.19. The monoisotopic (exact) mass is 263 g/mol. The molecule has 0 amide bonds. The van der Waals surface area contributed by atoms with E-state index in [1.54, 1.807) is 7.11 Å². The summed E-state index contributed by atoms with van der Waals surface area (Å²) in [6.07, 6.45) is 2.57. The lowest BCUT2D eigenvalue weighted by Crippen LogP contribution is -2.32. The summed E-state index contributed by atoms with van der Waals surface area (Å²) in [6.45, 7) is 1.90. The van der Waals surface area contributed by atoms with Gasteiger partial charge in [0.1, 0.15) is 0 Å². The van der Waals surface area contributed by atoms with Gasteiger partial charge in [0.25, 0.3) is 0 Å². The highest BCUT2D eigenvalue weighted by Crippen LogP contribution is 2.40. The Morgan fingerprint density at radius 1 is 1.47 bits per heavy atom. The van der Waals surface area contributed by atoms with Gasteiger partial charge in [-0.15, -0.1) is 0 Å². The van der Waals surface area contributed by atoms with Crippen LogP contribution >= 0.6 is 0 Å². The van der Waals surface area contributed by atoms with Gasteiger partial charge >= 0.3 is 5.97 Å². The van der Waals surface area contributed by atoms with Gasteiger partial charge in [-0.1, -0.05) is 24.3 Å². The van der Waals surface area contributed by atoms with Crippen molar-refractivity contribution in [3.63, 3.8) is 0 Å². The Kier molecular flexibility index (Phi) is 4.93. The zero-order valence-electron chi connectivity index (χ0n) is 11.3. The SMILES string of the molecule is COCCN(CC(=O)O)Cc1cccc(C2CC2)c1. The number of aliphatic carboxylic acids is 1. The zero-order chi connectivity index (χ0) is 13.7. The van der Waals surface area contributed by atoms with Crippen molar-refractivity contribution in [1.29, 1.82) is 0 Å². The Bertz CT molecular complexity index is 429. The summed E-state index contributed by atoms with van der Waals surface area (Å²) in [6, 6.07) is 8.50. The van der Waals surface area contributed by atoms with Gasteiger partial charge in [0.2, 0.25) is 0 Å². The second-order valence-corrected chi connectivity index (χ2v) is 5.12. The van der Waals surface area contributed by atoms with Gasteiger partial charge in [0.15, 0.2) is 0 Å². The lowest BCUT2D eigenvalue weighted by Gasteiger charge is -2.20. The molecule has 1 aromatic rings. The molecule has 4 heteroatoms. The number of hydrogen-bond donors (Lipinski definition) is 1. The standard InChI is InChI=1S/C15H21NO3/c1-19-8-7-16(11-15(17)18)10-12-3-2-4-14(9-12)13-5-6-13/h2-4,9,13H,5-8,10-11H2,1H3,(H,17,18). The van der Waals surface area contributed by atoms with Crippen LogP contribution < -0.4 is 0 Å². The van der Waals surface area contributed by atoms with Crippen LogP contribution in [0.5, 0.6) is 0 Å². The number of hydrogen-bond acceptors (Lipinski definition) is 3. The number of nitrogens with zero attached hydrogens (tertiary/aromatic N) is 1. The maximum absolute atomic E-state index is 10.9. The molecular weight excluding hydrogens is 242 g/mol. The van der Waals surface area contributed by atoms with Gasteiger partial charge in [-0.05, 0) is 29.9 Å². The summed E-state index contributed by atoms with van der Waals surface area (Å²) in [5.74, 6) is -0.0682. The number of methoxy groups -OCH3 is 1. The molecule has 1 N–H and O–H groups in total. The summed E-state index contributed by atoms with van der Waals surface area (Å²) in [5, 5.41) is 8.93. The molecule has 0 spiro atoms. The van der Waals surface area contributed by atoms with E-state index in [4.69, 9.17) is 9.84 Å². The molecule has 0 radical (unpaired) electrons. The minimum Gasteiger partial charge on any atom is -0.480 e. The van der Waals surface area contributed by atoms with E-state index in [0.717, 1.165) is 5.92 Å². The first-order valence-electron chi connectivity index (χ1n) is 6.71. The van der Waals surface area contributed by atoms with E-state index in [1.165, 1.54) is 24.0 Å². The van der Waals surface area contributed by atoms with Gasteiger partial charge in [0.05, 0.1) is 13.2 Å². The predicted octanol–water partition coefficient (Wildman–Crippen LogP) is 2.10. The molecule has 0 aliphatic heterocycles. The summed E-state index contributed by atoms with van der Waals surface area (Å²) < 4.78 is 5.03. The van der Waals surface area contributed by atoms with Crippen LogP contribution in [0.25, 0.3) is 0 Å². The first-order valence-corrected chi connectivity index (χ1v) is 6.71. The van der Waals surface area contributed by atoms with Crippen molar-refractivity contribution in [1.82, 2.24) is 4.90 Å². The van der Waals surface area contributed by atoms with Gasteiger partial charge in [-0.25, -0.2) is 0 Å². The lowest BCUT2D eigenvalue weighted by atomic mass is 10.1. The van der Waals surface area contributed by atoms with Gasteiger partial charge in [-0.3, -0.25) is 9.69 Å². The van der Waals surface area contributed by atoms with Crippen LogP contribution in [-0.4, -0.2) is 42.8 Å². The van der Waals surface area contributed by atoms with Gasteiger partial charge < -0.3 is 9.84 Å². The van der Waals surface area contributed by atoms with E-state index in [9.17, 15) is 4.79 Å². The van der Waals surface area contributed by atoms with Crippen LogP contribution in [0.2, 0.25) is 0 Å². The number of rotatable bonds is 8. The largest absolute Gasteiger partial charge is 0.480 e. The Hall–Kier alpha value is -1.39. The maximum atomic E-state index is 10.9. The number of carboxylic acids is 1. The molecule has 1 fully saturated rings. The van der Waals surface area contributed by atoms with Crippen LogP contribution in [0.15, 0.2) is 24.3 Å². The van der Waals surface area contributed by atoms with Crippen LogP contribution in [0.1, 0.15) is 29.9 Å². The highest BCUT2D eigenvalue weighted by molar-refractivity contribution is 5.69. The van der Waals surface area contributed by atoms with Crippen LogP contribution in [0, 0.1) is 0 Å². The number of benzene rings is 1. The molecule has 0 unspecified atom stereocenters. The Morgan fingerprint density at radius 3 is 2.89 bits per heavy atom. The molecule has 0 saturated heterocycles. The minimum absolute atomic E-state index is 0.0526. The Morgan fingerprint density at radius 2 is 2.26 bits per heavy atom. The molecule has 0 atom stereocenters. The fraction of sp³-hybridized carbons (Fsp3) is 0.533. The normalized spacial score (nSPS) is 14.8. The van der Waals surface area contributed by atoms with Crippen LogP contribution in [-0.2, 0) is 16.1 Å². The second kappa shape index (κ2) is 6.68. The summed E-state index contributed by atoms with van der Waals surface area (Å²) in [5.41, 5.74) is 2.57. The smallest absolute Gasteiger partial charge is 0.317 e. The van der Waals surface area contributed by atoms with Crippen molar-refractivity contribution in [2.45, 2.75) is 25.3 Å². The van der Waals surface area contributed by atoms with E-state index < -0.39 is 5.97 Å². The molecule has 1 aliphatic carbocycles. The molecule has 0 bridgehead atoms. The average Bonchev–Trinajstić information content (AvgIpc) is 3.20. The molecule has 2 rings (SSSR count). The van der Waals surface area contributed by atoms with Crippen LogP contribution in [0.4, 0.5) is 0 Å². The second-order valence-electron chi connectivity index (χ2n) is 5.12. The topological polar surface area (TPSA) is 49.8 Å². The van der Waals surface area contributed by atoms with Crippen LogP contribution in [0.3, 0.4) is 0 Å².